The molecule has 0 fully saturated rings. The number of hydrogen-bond acceptors (Lipinski definition) is 4. The van der Waals surface area contributed by atoms with Crippen LogP contribution in [0.15, 0.2) is 78.9 Å². The number of carbonyl (C=O) groups is 1. The van der Waals surface area contributed by atoms with Crippen LogP contribution in [0.5, 0.6) is 5.75 Å². The number of aromatic hydroxyl groups is 1. The number of phenolic OH excluding ortho intramolecular Hbond substituents is 1. The number of ether oxygens (including phenoxy) is 1. The molecule has 0 amide bonds. The zero-order valence-electron chi connectivity index (χ0n) is 17.5. The van der Waals surface area contributed by atoms with E-state index in [-0.39, 0.29) is 23.9 Å². The van der Waals surface area contributed by atoms with Crippen LogP contribution < -0.4 is 5.32 Å². The van der Waals surface area contributed by atoms with Crippen LogP contribution in [-0.4, -0.2) is 30.3 Å². The first-order valence-corrected chi connectivity index (χ1v) is 9.85. The van der Waals surface area contributed by atoms with Gasteiger partial charge in [-0.3, -0.25) is 4.79 Å². The standard InChI is InChI=1S/C19H23NO2.C6H5FO/c1-14(22-19(21)15(2)20-3)12-16-8-7-11-18(13-16)17-9-5-4-6-10-17;7-5-2-1-3-6(8)4-5/h4-11,13-15,20H,12H2,1-3H3;1-4,8H/t14?,15-;/m0./s1. The van der Waals surface area contributed by atoms with Gasteiger partial charge in [0.05, 0.1) is 0 Å². The Morgan fingerprint density at radius 3 is 2.23 bits per heavy atom. The molecule has 0 saturated carbocycles. The monoisotopic (exact) mass is 409 g/mol. The predicted octanol–water partition coefficient (Wildman–Crippen LogP) is 4.97. The molecule has 0 aliphatic heterocycles. The van der Waals surface area contributed by atoms with Crippen LogP contribution in [-0.2, 0) is 16.0 Å². The van der Waals surface area contributed by atoms with E-state index in [1.54, 1.807) is 14.0 Å². The predicted molar refractivity (Wildman–Crippen MR) is 118 cm³/mol. The molecule has 1 unspecified atom stereocenters. The molecule has 0 heterocycles. The number of hydrogen-bond donors (Lipinski definition) is 2. The summed E-state index contributed by atoms with van der Waals surface area (Å²) in [5.41, 5.74) is 3.54. The molecule has 158 valence electrons. The molecule has 0 aromatic heterocycles. The zero-order valence-corrected chi connectivity index (χ0v) is 17.5. The first kappa shape index (κ1) is 23.1. The summed E-state index contributed by atoms with van der Waals surface area (Å²) in [5.74, 6) is -0.663. The van der Waals surface area contributed by atoms with E-state index in [0.29, 0.717) is 6.42 Å². The first-order valence-electron chi connectivity index (χ1n) is 9.85. The molecule has 2 N–H and O–H groups in total. The van der Waals surface area contributed by atoms with Gasteiger partial charge in [0.2, 0.25) is 0 Å². The van der Waals surface area contributed by atoms with Gasteiger partial charge >= 0.3 is 5.97 Å². The van der Waals surface area contributed by atoms with E-state index in [4.69, 9.17) is 9.84 Å². The van der Waals surface area contributed by atoms with Gasteiger partial charge in [-0.15, -0.1) is 0 Å². The Bertz CT molecular complexity index is 913. The summed E-state index contributed by atoms with van der Waals surface area (Å²) in [5, 5.41) is 11.5. The summed E-state index contributed by atoms with van der Waals surface area (Å²) in [6.07, 6.45) is 0.567. The van der Waals surface area contributed by atoms with Crippen molar-refractivity contribution in [1.29, 1.82) is 0 Å². The average Bonchev–Trinajstić information content (AvgIpc) is 2.74. The smallest absolute Gasteiger partial charge is 0.323 e. The highest BCUT2D eigenvalue weighted by atomic mass is 19.1. The number of nitrogens with one attached hydrogen (secondary N) is 1. The Balaban J connectivity index is 0.000000335. The lowest BCUT2D eigenvalue weighted by molar-refractivity contribution is -0.150. The molecule has 0 aliphatic rings. The maximum Gasteiger partial charge on any atom is 0.323 e. The number of phenols is 1. The summed E-state index contributed by atoms with van der Waals surface area (Å²) < 4.78 is 17.5. The van der Waals surface area contributed by atoms with Crippen molar-refractivity contribution in [2.45, 2.75) is 32.4 Å². The van der Waals surface area contributed by atoms with Crippen LogP contribution >= 0.6 is 0 Å². The molecule has 0 radical (unpaired) electrons. The molecule has 3 aromatic carbocycles. The summed E-state index contributed by atoms with van der Waals surface area (Å²) in [6, 6.07) is 23.6. The third kappa shape index (κ3) is 7.68. The van der Waals surface area contributed by atoms with Crippen molar-refractivity contribution in [3.63, 3.8) is 0 Å². The molecule has 30 heavy (non-hydrogen) atoms. The lowest BCUT2D eigenvalue weighted by Crippen LogP contribution is -2.34. The molecule has 0 aliphatic carbocycles. The van der Waals surface area contributed by atoms with Crippen molar-refractivity contribution in [1.82, 2.24) is 5.32 Å². The van der Waals surface area contributed by atoms with Crippen molar-refractivity contribution in [3.8, 4) is 16.9 Å². The van der Waals surface area contributed by atoms with Gasteiger partial charge in [-0.1, -0.05) is 60.7 Å². The average molecular weight is 410 g/mol. The third-order valence-corrected chi connectivity index (χ3v) is 4.47. The van der Waals surface area contributed by atoms with Gasteiger partial charge < -0.3 is 15.2 Å². The second-order valence-electron chi connectivity index (χ2n) is 7.01. The molecular weight excluding hydrogens is 381 g/mol. The van der Waals surface area contributed by atoms with Gasteiger partial charge in [0.25, 0.3) is 0 Å². The van der Waals surface area contributed by atoms with E-state index in [1.807, 2.05) is 31.2 Å². The normalized spacial score (nSPS) is 12.3. The number of likely N-dealkylation sites (N-methyl/N-ethyl adjacent to an activating group) is 1. The fraction of sp³-hybridized carbons (Fsp3) is 0.240. The molecule has 0 bridgehead atoms. The summed E-state index contributed by atoms with van der Waals surface area (Å²) in [6.45, 7) is 3.72. The quantitative estimate of drug-likeness (QED) is 0.565. The van der Waals surface area contributed by atoms with E-state index in [0.717, 1.165) is 6.07 Å². The SMILES string of the molecule is CN[C@@H](C)C(=O)OC(C)Cc1cccc(-c2ccccc2)c1.Oc1cccc(F)c1. The molecule has 2 atom stereocenters. The number of carbonyl (C=O) groups excluding carboxylic acids is 1. The van der Waals surface area contributed by atoms with Gasteiger partial charge in [-0.25, -0.2) is 4.39 Å². The third-order valence-electron chi connectivity index (χ3n) is 4.47. The second kappa shape index (κ2) is 11.7. The largest absolute Gasteiger partial charge is 0.508 e. The highest BCUT2D eigenvalue weighted by Gasteiger charge is 2.15. The van der Waals surface area contributed by atoms with Crippen molar-refractivity contribution in [3.05, 3.63) is 90.2 Å². The minimum atomic E-state index is -0.412. The fourth-order valence-corrected chi connectivity index (χ4v) is 2.78. The Morgan fingerprint density at radius 2 is 1.63 bits per heavy atom. The zero-order chi connectivity index (χ0) is 21.9. The highest BCUT2D eigenvalue weighted by Crippen LogP contribution is 2.21. The second-order valence-corrected chi connectivity index (χ2v) is 7.01. The van der Waals surface area contributed by atoms with Crippen LogP contribution in [0.3, 0.4) is 0 Å². The lowest BCUT2D eigenvalue weighted by Gasteiger charge is -2.17. The number of benzene rings is 3. The minimum Gasteiger partial charge on any atom is -0.508 e. The van der Waals surface area contributed by atoms with Crippen molar-refractivity contribution < 1.29 is 19.0 Å². The maximum absolute atomic E-state index is 12.0. The Morgan fingerprint density at radius 1 is 0.967 bits per heavy atom. The van der Waals surface area contributed by atoms with Crippen LogP contribution in [0.2, 0.25) is 0 Å². The van der Waals surface area contributed by atoms with Gasteiger partial charge in [0, 0.05) is 12.5 Å². The Hall–Kier alpha value is -3.18. The molecule has 0 saturated heterocycles. The van der Waals surface area contributed by atoms with E-state index < -0.39 is 5.82 Å². The molecule has 5 heteroatoms. The summed E-state index contributed by atoms with van der Waals surface area (Å²) in [4.78, 5) is 11.8. The van der Waals surface area contributed by atoms with Gasteiger partial charge in [-0.2, -0.15) is 0 Å². The van der Waals surface area contributed by atoms with Gasteiger partial charge in [0.15, 0.2) is 0 Å². The van der Waals surface area contributed by atoms with E-state index >= 15 is 0 Å². The van der Waals surface area contributed by atoms with Crippen LogP contribution in [0.1, 0.15) is 19.4 Å². The van der Waals surface area contributed by atoms with E-state index in [1.165, 1.54) is 34.9 Å². The fourth-order valence-electron chi connectivity index (χ4n) is 2.78. The van der Waals surface area contributed by atoms with Crippen LogP contribution in [0.4, 0.5) is 4.39 Å². The molecule has 4 nitrogen and oxygen atoms in total. The summed E-state index contributed by atoms with van der Waals surface area (Å²) >= 11 is 0. The Kier molecular flexibility index (Phi) is 9.03. The summed E-state index contributed by atoms with van der Waals surface area (Å²) in [7, 11) is 1.75. The molecule has 0 spiro atoms. The molecular formula is C25H28FNO3. The minimum absolute atomic E-state index is 0.0370. The van der Waals surface area contributed by atoms with Crippen molar-refractivity contribution >= 4 is 5.97 Å². The topological polar surface area (TPSA) is 58.6 Å². The molecule has 3 aromatic rings. The number of halogens is 1. The first-order chi connectivity index (χ1) is 14.4. The van der Waals surface area contributed by atoms with Gasteiger partial charge in [-0.05, 0) is 49.7 Å². The van der Waals surface area contributed by atoms with Crippen LogP contribution in [0.25, 0.3) is 11.1 Å². The lowest BCUT2D eigenvalue weighted by atomic mass is 10.0. The molecule has 3 rings (SSSR count). The van der Waals surface area contributed by atoms with E-state index in [9.17, 15) is 9.18 Å². The number of rotatable bonds is 6. The van der Waals surface area contributed by atoms with Crippen LogP contribution in [0, 0.1) is 5.82 Å². The number of esters is 1. The van der Waals surface area contributed by atoms with Gasteiger partial charge in [0.1, 0.15) is 23.7 Å². The maximum atomic E-state index is 12.0. The highest BCUT2D eigenvalue weighted by molar-refractivity contribution is 5.75. The Labute approximate surface area is 177 Å². The van der Waals surface area contributed by atoms with Crippen molar-refractivity contribution in [2.24, 2.45) is 0 Å². The van der Waals surface area contributed by atoms with E-state index in [2.05, 4.69) is 35.6 Å². The van der Waals surface area contributed by atoms with Crippen molar-refractivity contribution in [2.75, 3.05) is 7.05 Å².